The van der Waals surface area contributed by atoms with E-state index in [2.05, 4.69) is 4.98 Å². The number of benzene rings is 1. The molecule has 0 saturated heterocycles. The van der Waals surface area contributed by atoms with Crippen molar-refractivity contribution >= 4 is 22.4 Å². The SMILES string of the molecule is Oc1cc2ccncc2c(Cl)c1O. The molecular weight excluding hydrogens is 190 g/mol. The van der Waals surface area contributed by atoms with Crippen molar-refractivity contribution in [2.75, 3.05) is 0 Å². The number of hydrogen-bond acceptors (Lipinski definition) is 3. The zero-order chi connectivity index (χ0) is 9.42. The molecule has 0 atom stereocenters. The Kier molecular flexibility index (Phi) is 1.74. The maximum atomic E-state index is 9.29. The van der Waals surface area contributed by atoms with Crippen LogP contribution in [0.1, 0.15) is 0 Å². The van der Waals surface area contributed by atoms with Crippen LogP contribution in [0.25, 0.3) is 10.8 Å². The predicted octanol–water partition coefficient (Wildman–Crippen LogP) is 2.30. The van der Waals surface area contributed by atoms with Crippen molar-refractivity contribution in [3.8, 4) is 11.5 Å². The third-order valence-electron chi connectivity index (χ3n) is 1.83. The molecule has 0 unspecified atom stereocenters. The van der Waals surface area contributed by atoms with Crippen molar-refractivity contribution in [3.63, 3.8) is 0 Å². The Hall–Kier alpha value is -1.48. The molecule has 0 aliphatic heterocycles. The normalized spacial score (nSPS) is 10.5. The second-order valence-electron chi connectivity index (χ2n) is 2.66. The number of halogens is 1. The van der Waals surface area contributed by atoms with Gasteiger partial charge in [-0.1, -0.05) is 11.6 Å². The number of phenolic OH excluding ortho intramolecular Hbond substituents is 2. The molecule has 13 heavy (non-hydrogen) atoms. The minimum atomic E-state index is -0.304. The monoisotopic (exact) mass is 195 g/mol. The van der Waals surface area contributed by atoms with Crippen LogP contribution in [0.3, 0.4) is 0 Å². The number of aromatic hydroxyl groups is 2. The van der Waals surface area contributed by atoms with Crippen molar-refractivity contribution in [1.82, 2.24) is 4.98 Å². The molecule has 66 valence electrons. The van der Waals surface area contributed by atoms with Gasteiger partial charge in [0.1, 0.15) is 0 Å². The molecular formula is C9H6ClNO2. The largest absolute Gasteiger partial charge is 0.504 e. The van der Waals surface area contributed by atoms with Crippen molar-refractivity contribution in [2.45, 2.75) is 0 Å². The number of phenols is 2. The quantitative estimate of drug-likeness (QED) is 0.635. The average Bonchev–Trinajstić information content (AvgIpc) is 2.15. The van der Waals surface area contributed by atoms with Crippen molar-refractivity contribution < 1.29 is 10.2 Å². The van der Waals surface area contributed by atoms with Gasteiger partial charge in [-0.05, 0) is 17.5 Å². The number of fused-ring (bicyclic) bond motifs is 1. The summed E-state index contributed by atoms with van der Waals surface area (Å²) in [5.74, 6) is -0.522. The summed E-state index contributed by atoms with van der Waals surface area (Å²) in [6.07, 6.45) is 3.13. The molecule has 4 heteroatoms. The molecule has 1 heterocycles. The van der Waals surface area contributed by atoms with Gasteiger partial charge in [0.25, 0.3) is 0 Å². The number of hydrogen-bond donors (Lipinski definition) is 2. The molecule has 3 nitrogen and oxygen atoms in total. The van der Waals surface area contributed by atoms with Gasteiger partial charge < -0.3 is 10.2 Å². The van der Waals surface area contributed by atoms with E-state index >= 15 is 0 Å². The van der Waals surface area contributed by atoms with Crippen molar-refractivity contribution in [1.29, 1.82) is 0 Å². The molecule has 0 amide bonds. The molecule has 1 aromatic heterocycles. The van der Waals surface area contributed by atoms with Gasteiger partial charge in [0.2, 0.25) is 0 Å². The fourth-order valence-corrected chi connectivity index (χ4v) is 1.42. The molecule has 0 fully saturated rings. The van der Waals surface area contributed by atoms with E-state index in [1.807, 2.05) is 0 Å². The lowest BCUT2D eigenvalue weighted by Gasteiger charge is -2.03. The summed E-state index contributed by atoms with van der Waals surface area (Å²) >= 11 is 5.78. The molecule has 0 aliphatic carbocycles. The molecule has 1 aromatic carbocycles. The van der Waals surface area contributed by atoms with E-state index in [1.165, 1.54) is 12.3 Å². The van der Waals surface area contributed by atoms with Gasteiger partial charge in [-0.3, -0.25) is 4.98 Å². The summed E-state index contributed by atoms with van der Waals surface area (Å²) in [4.78, 5) is 3.87. The van der Waals surface area contributed by atoms with E-state index in [9.17, 15) is 10.2 Å². The molecule has 0 radical (unpaired) electrons. The second-order valence-corrected chi connectivity index (χ2v) is 3.03. The number of rotatable bonds is 0. The lowest BCUT2D eigenvalue weighted by molar-refractivity contribution is 0.405. The van der Waals surface area contributed by atoms with Crippen LogP contribution in [-0.2, 0) is 0 Å². The second kappa shape index (κ2) is 2.78. The Bertz CT molecular complexity index is 470. The zero-order valence-corrected chi connectivity index (χ0v) is 7.28. The molecule has 0 bridgehead atoms. The van der Waals surface area contributed by atoms with Crippen LogP contribution in [-0.4, -0.2) is 15.2 Å². The summed E-state index contributed by atoms with van der Waals surface area (Å²) in [5, 5.41) is 20.0. The van der Waals surface area contributed by atoms with E-state index in [1.54, 1.807) is 12.3 Å². The highest BCUT2D eigenvalue weighted by Crippen LogP contribution is 2.38. The minimum absolute atomic E-state index is 0.128. The van der Waals surface area contributed by atoms with E-state index in [4.69, 9.17) is 11.6 Å². The highest BCUT2D eigenvalue weighted by Gasteiger charge is 2.09. The molecule has 0 aliphatic rings. The van der Waals surface area contributed by atoms with Gasteiger partial charge in [-0.15, -0.1) is 0 Å². The number of aromatic nitrogens is 1. The lowest BCUT2D eigenvalue weighted by atomic mass is 10.1. The van der Waals surface area contributed by atoms with Gasteiger partial charge in [0.15, 0.2) is 11.5 Å². The maximum absolute atomic E-state index is 9.29. The Morgan fingerprint density at radius 2 is 2.08 bits per heavy atom. The van der Waals surface area contributed by atoms with Gasteiger partial charge in [-0.25, -0.2) is 0 Å². The Morgan fingerprint density at radius 3 is 2.85 bits per heavy atom. The fraction of sp³-hybridized carbons (Fsp3) is 0. The van der Waals surface area contributed by atoms with Gasteiger partial charge in [0.05, 0.1) is 5.02 Å². The zero-order valence-electron chi connectivity index (χ0n) is 6.53. The highest BCUT2D eigenvalue weighted by molar-refractivity contribution is 6.37. The number of pyridine rings is 1. The third kappa shape index (κ3) is 1.17. The molecule has 0 spiro atoms. The summed E-state index contributed by atoms with van der Waals surface area (Å²) in [7, 11) is 0. The van der Waals surface area contributed by atoms with Crippen LogP contribution in [0, 0.1) is 0 Å². The smallest absolute Gasteiger partial charge is 0.177 e. The number of nitrogens with zero attached hydrogens (tertiary/aromatic N) is 1. The van der Waals surface area contributed by atoms with E-state index in [0.717, 1.165) is 5.39 Å². The average molecular weight is 196 g/mol. The summed E-state index contributed by atoms with van der Waals surface area (Å²) < 4.78 is 0. The van der Waals surface area contributed by atoms with Gasteiger partial charge >= 0.3 is 0 Å². The van der Waals surface area contributed by atoms with Gasteiger partial charge in [-0.2, -0.15) is 0 Å². The van der Waals surface area contributed by atoms with Crippen LogP contribution in [0.5, 0.6) is 11.5 Å². The first kappa shape index (κ1) is 8.13. The van der Waals surface area contributed by atoms with Crippen LogP contribution in [0.4, 0.5) is 0 Å². The first-order chi connectivity index (χ1) is 6.20. The van der Waals surface area contributed by atoms with Crippen molar-refractivity contribution in [3.05, 3.63) is 29.5 Å². The predicted molar refractivity (Wildman–Crippen MR) is 50.1 cm³/mol. The Balaban J connectivity index is 2.94. The van der Waals surface area contributed by atoms with E-state index < -0.39 is 0 Å². The van der Waals surface area contributed by atoms with E-state index in [0.29, 0.717) is 5.39 Å². The van der Waals surface area contributed by atoms with E-state index in [-0.39, 0.29) is 16.5 Å². The first-order valence-corrected chi connectivity index (χ1v) is 4.02. The molecule has 2 rings (SSSR count). The maximum Gasteiger partial charge on any atom is 0.177 e. The molecule has 2 aromatic rings. The van der Waals surface area contributed by atoms with Crippen LogP contribution in [0.15, 0.2) is 24.5 Å². The highest BCUT2D eigenvalue weighted by atomic mass is 35.5. The topological polar surface area (TPSA) is 53.4 Å². The summed E-state index contributed by atoms with van der Waals surface area (Å²) in [6.45, 7) is 0. The van der Waals surface area contributed by atoms with Gasteiger partial charge in [0, 0.05) is 17.8 Å². The van der Waals surface area contributed by atoms with Crippen LogP contribution < -0.4 is 0 Å². The minimum Gasteiger partial charge on any atom is -0.504 e. The van der Waals surface area contributed by atoms with Crippen molar-refractivity contribution in [2.24, 2.45) is 0 Å². The molecule has 0 saturated carbocycles. The van der Waals surface area contributed by atoms with Crippen LogP contribution >= 0.6 is 11.6 Å². The standard InChI is InChI=1S/C9H6ClNO2/c10-8-6-4-11-2-1-5(6)3-7(12)9(8)13/h1-4,12-13H. The first-order valence-electron chi connectivity index (χ1n) is 3.64. The van der Waals surface area contributed by atoms with Crippen LogP contribution in [0.2, 0.25) is 5.02 Å². The fourth-order valence-electron chi connectivity index (χ4n) is 1.17. The summed E-state index contributed by atoms with van der Waals surface area (Å²) in [6, 6.07) is 3.15. The molecule has 2 N–H and O–H groups in total. The Labute approximate surface area is 79.2 Å². The third-order valence-corrected chi connectivity index (χ3v) is 2.22. The lowest BCUT2D eigenvalue weighted by Crippen LogP contribution is -1.78. The Morgan fingerprint density at radius 1 is 1.31 bits per heavy atom. The summed E-state index contributed by atoms with van der Waals surface area (Å²) in [5.41, 5.74) is 0.